The second kappa shape index (κ2) is 7.30. The number of piperazine rings is 1. The second-order valence-electron chi connectivity index (χ2n) is 6.88. The van der Waals surface area contributed by atoms with Crippen molar-refractivity contribution in [2.45, 2.75) is 6.92 Å². The summed E-state index contributed by atoms with van der Waals surface area (Å²) in [4.78, 5) is 9.18. The summed E-state index contributed by atoms with van der Waals surface area (Å²) in [5.74, 6) is 1.90. The number of nitrogens with zero attached hydrogens (tertiary/aromatic N) is 3. The zero-order valence-corrected chi connectivity index (χ0v) is 14.9. The molecule has 1 N–H and O–H groups in total. The molecule has 132 valence electrons. The normalized spacial score (nSPS) is 20.5. The maximum absolute atomic E-state index is 5.33. The molecule has 2 fully saturated rings. The molecule has 2 aliphatic heterocycles. The van der Waals surface area contributed by atoms with Crippen LogP contribution in [0, 0.1) is 5.41 Å². The van der Waals surface area contributed by atoms with Crippen LogP contribution in [0.4, 0.5) is 5.69 Å². The van der Waals surface area contributed by atoms with Crippen LogP contribution in [-0.4, -0.2) is 71.0 Å². The molecule has 0 bridgehead atoms. The van der Waals surface area contributed by atoms with E-state index in [9.17, 15) is 0 Å². The standard InChI is InChI=1S/C18H28N4O2/c1-18(13-24-14-18)12-20-17(19-2)22-9-7-21(8-10-22)15-5-4-6-16(11-15)23-3/h4-6,11H,7-10,12-14H2,1-3H3,(H,19,20). The first-order chi connectivity index (χ1) is 11.6. The van der Waals surface area contributed by atoms with Crippen molar-refractivity contribution in [1.82, 2.24) is 10.2 Å². The van der Waals surface area contributed by atoms with E-state index in [1.807, 2.05) is 19.2 Å². The van der Waals surface area contributed by atoms with Gasteiger partial charge in [0, 0.05) is 56.9 Å². The van der Waals surface area contributed by atoms with Gasteiger partial charge in [-0.3, -0.25) is 4.99 Å². The zero-order valence-electron chi connectivity index (χ0n) is 14.9. The monoisotopic (exact) mass is 332 g/mol. The minimum absolute atomic E-state index is 0.248. The summed E-state index contributed by atoms with van der Waals surface area (Å²) in [6, 6.07) is 8.27. The van der Waals surface area contributed by atoms with Crippen molar-refractivity contribution < 1.29 is 9.47 Å². The van der Waals surface area contributed by atoms with Crippen LogP contribution in [-0.2, 0) is 4.74 Å². The molecule has 0 amide bonds. The van der Waals surface area contributed by atoms with Gasteiger partial charge in [-0.05, 0) is 12.1 Å². The molecule has 0 aliphatic carbocycles. The van der Waals surface area contributed by atoms with Gasteiger partial charge in [0.25, 0.3) is 0 Å². The Morgan fingerprint density at radius 2 is 2.04 bits per heavy atom. The number of benzene rings is 1. The fraction of sp³-hybridized carbons (Fsp3) is 0.611. The minimum Gasteiger partial charge on any atom is -0.497 e. The van der Waals surface area contributed by atoms with Crippen LogP contribution in [0.5, 0.6) is 5.75 Å². The van der Waals surface area contributed by atoms with Crippen LogP contribution >= 0.6 is 0 Å². The van der Waals surface area contributed by atoms with Crippen LogP contribution in [0.25, 0.3) is 0 Å². The number of methoxy groups -OCH3 is 1. The molecule has 3 rings (SSSR count). The van der Waals surface area contributed by atoms with Crippen molar-refractivity contribution in [3.8, 4) is 5.75 Å². The fourth-order valence-electron chi connectivity index (χ4n) is 3.16. The first kappa shape index (κ1) is 16.9. The van der Waals surface area contributed by atoms with Gasteiger partial charge in [0.1, 0.15) is 5.75 Å². The van der Waals surface area contributed by atoms with E-state index in [1.54, 1.807) is 7.11 Å². The van der Waals surface area contributed by atoms with Crippen LogP contribution in [0.3, 0.4) is 0 Å². The van der Waals surface area contributed by atoms with E-state index < -0.39 is 0 Å². The number of aliphatic imine (C=N–C) groups is 1. The molecule has 1 aromatic rings. The summed E-state index contributed by atoms with van der Waals surface area (Å²) in [6.07, 6.45) is 0. The lowest BCUT2D eigenvalue weighted by molar-refractivity contribution is -0.0972. The maximum Gasteiger partial charge on any atom is 0.193 e. The maximum atomic E-state index is 5.33. The molecular weight excluding hydrogens is 304 g/mol. The molecule has 0 saturated carbocycles. The van der Waals surface area contributed by atoms with Gasteiger partial charge >= 0.3 is 0 Å². The minimum atomic E-state index is 0.248. The second-order valence-corrected chi connectivity index (χ2v) is 6.88. The highest BCUT2D eigenvalue weighted by atomic mass is 16.5. The zero-order chi connectivity index (χ0) is 17.0. The Labute approximate surface area is 144 Å². The Morgan fingerprint density at radius 3 is 2.62 bits per heavy atom. The summed E-state index contributed by atoms with van der Waals surface area (Å²) < 4.78 is 10.6. The van der Waals surface area contributed by atoms with Gasteiger partial charge in [-0.2, -0.15) is 0 Å². The van der Waals surface area contributed by atoms with E-state index in [0.29, 0.717) is 0 Å². The highest BCUT2D eigenvalue weighted by molar-refractivity contribution is 5.80. The molecule has 2 heterocycles. The number of rotatable bonds is 4. The summed E-state index contributed by atoms with van der Waals surface area (Å²) in [5, 5.41) is 3.51. The molecule has 2 saturated heterocycles. The Kier molecular flexibility index (Phi) is 5.14. The van der Waals surface area contributed by atoms with Gasteiger partial charge in [0.05, 0.1) is 20.3 Å². The van der Waals surface area contributed by atoms with Gasteiger partial charge in [0.15, 0.2) is 5.96 Å². The number of hydrogen-bond donors (Lipinski definition) is 1. The van der Waals surface area contributed by atoms with Gasteiger partial charge < -0.3 is 24.6 Å². The van der Waals surface area contributed by atoms with Crippen molar-refractivity contribution in [3.63, 3.8) is 0 Å². The SMILES string of the molecule is CN=C(NCC1(C)COC1)N1CCN(c2cccc(OC)c2)CC1. The van der Waals surface area contributed by atoms with E-state index in [4.69, 9.17) is 9.47 Å². The largest absolute Gasteiger partial charge is 0.497 e. The molecule has 6 heteroatoms. The van der Waals surface area contributed by atoms with Crippen molar-refractivity contribution in [2.75, 3.05) is 65.0 Å². The third-order valence-electron chi connectivity index (χ3n) is 4.78. The molecule has 2 aliphatic rings. The summed E-state index contributed by atoms with van der Waals surface area (Å²) in [7, 11) is 3.57. The Bertz CT molecular complexity index is 578. The third kappa shape index (κ3) is 3.75. The number of ether oxygens (including phenoxy) is 2. The van der Waals surface area contributed by atoms with E-state index in [0.717, 1.165) is 57.6 Å². The Balaban J connectivity index is 1.53. The molecule has 1 aromatic carbocycles. The third-order valence-corrected chi connectivity index (χ3v) is 4.78. The number of hydrogen-bond acceptors (Lipinski definition) is 4. The van der Waals surface area contributed by atoms with Crippen molar-refractivity contribution in [1.29, 1.82) is 0 Å². The first-order valence-corrected chi connectivity index (χ1v) is 8.56. The predicted octanol–water partition coefficient (Wildman–Crippen LogP) is 1.43. The molecule has 0 spiro atoms. The fourth-order valence-corrected chi connectivity index (χ4v) is 3.16. The lowest BCUT2D eigenvalue weighted by Gasteiger charge is -2.41. The quantitative estimate of drug-likeness (QED) is 0.668. The smallest absolute Gasteiger partial charge is 0.193 e. The van der Waals surface area contributed by atoms with Crippen LogP contribution in [0.15, 0.2) is 29.3 Å². The molecule has 6 nitrogen and oxygen atoms in total. The average molecular weight is 332 g/mol. The first-order valence-electron chi connectivity index (χ1n) is 8.56. The lowest BCUT2D eigenvalue weighted by atomic mass is 9.89. The molecule has 0 atom stereocenters. The van der Waals surface area contributed by atoms with Crippen LogP contribution < -0.4 is 15.0 Å². The molecular formula is C18H28N4O2. The Hall–Kier alpha value is -1.95. The van der Waals surface area contributed by atoms with Crippen LogP contribution in [0.1, 0.15) is 6.92 Å². The van der Waals surface area contributed by atoms with Crippen molar-refractivity contribution in [2.24, 2.45) is 10.4 Å². The van der Waals surface area contributed by atoms with Gasteiger partial charge in [-0.15, -0.1) is 0 Å². The molecule has 0 aromatic heterocycles. The van der Waals surface area contributed by atoms with Gasteiger partial charge in [-0.1, -0.05) is 13.0 Å². The highest BCUT2D eigenvalue weighted by Crippen LogP contribution is 2.25. The number of nitrogens with one attached hydrogen (secondary N) is 1. The molecule has 0 radical (unpaired) electrons. The van der Waals surface area contributed by atoms with E-state index in [2.05, 4.69) is 39.2 Å². The van der Waals surface area contributed by atoms with Crippen molar-refractivity contribution in [3.05, 3.63) is 24.3 Å². The molecule has 0 unspecified atom stereocenters. The van der Waals surface area contributed by atoms with Crippen molar-refractivity contribution >= 4 is 11.6 Å². The average Bonchev–Trinajstić information content (AvgIpc) is 2.61. The number of anilines is 1. The van der Waals surface area contributed by atoms with Gasteiger partial charge in [0.2, 0.25) is 0 Å². The van der Waals surface area contributed by atoms with E-state index >= 15 is 0 Å². The summed E-state index contributed by atoms with van der Waals surface area (Å²) >= 11 is 0. The van der Waals surface area contributed by atoms with Crippen LogP contribution in [0.2, 0.25) is 0 Å². The lowest BCUT2D eigenvalue weighted by Crippen LogP contribution is -2.56. The number of guanidine groups is 1. The van der Waals surface area contributed by atoms with E-state index in [-0.39, 0.29) is 5.41 Å². The summed E-state index contributed by atoms with van der Waals surface area (Å²) in [6.45, 7) is 8.71. The van der Waals surface area contributed by atoms with E-state index in [1.165, 1.54) is 5.69 Å². The Morgan fingerprint density at radius 1 is 1.29 bits per heavy atom. The predicted molar refractivity (Wildman–Crippen MR) is 97.1 cm³/mol. The van der Waals surface area contributed by atoms with Gasteiger partial charge in [-0.25, -0.2) is 0 Å². The molecule has 24 heavy (non-hydrogen) atoms. The topological polar surface area (TPSA) is 49.3 Å². The summed E-state index contributed by atoms with van der Waals surface area (Å²) in [5.41, 5.74) is 1.47. The highest BCUT2D eigenvalue weighted by Gasteiger charge is 2.33.